The molecule has 4 nitrogen and oxygen atoms in total. The molecular formula is C16H16N4S. The molecule has 0 atom stereocenters. The number of nitrogens with zero attached hydrogens (tertiary/aromatic N) is 3. The van der Waals surface area contributed by atoms with E-state index in [2.05, 4.69) is 32.4 Å². The quantitative estimate of drug-likeness (QED) is 0.808. The Morgan fingerprint density at radius 3 is 3.10 bits per heavy atom. The molecule has 0 bridgehead atoms. The molecular weight excluding hydrogens is 280 g/mol. The molecule has 0 amide bonds. The molecule has 0 saturated carbocycles. The highest BCUT2D eigenvalue weighted by Crippen LogP contribution is 2.24. The van der Waals surface area contributed by atoms with Crippen molar-refractivity contribution in [2.24, 2.45) is 0 Å². The van der Waals surface area contributed by atoms with E-state index >= 15 is 0 Å². The normalized spacial score (nSPS) is 15.0. The van der Waals surface area contributed by atoms with Crippen LogP contribution in [0.3, 0.4) is 0 Å². The first-order chi connectivity index (χ1) is 10.4. The highest BCUT2D eigenvalue weighted by atomic mass is 32.1. The number of hydrogen-bond donors (Lipinski definition) is 1. The Labute approximate surface area is 127 Å². The van der Waals surface area contributed by atoms with Crippen LogP contribution in [-0.4, -0.2) is 26.4 Å². The predicted octanol–water partition coefficient (Wildman–Crippen LogP) is 3.09. The number of fused-ring (bicyclic) bond motifs is 1. The fraction of sp³-hybridized carbons (Fsp3) is 0.250. The van der Waals surface area contributed by atoms with Crippen molar-refractivity contribution >= 4 is 11.3 Å². The van der Waals surface area contributed by atoms with Crippen molar-refractivity contribution in [3.05, 3.63) is 59.0 Å². The zero-order chi connectivity index (χ0) is 14.1. The number of aromatic amines is 1. The van der Waals surface area contributed by atoms with Crippen molar-refractivity contribution in [3.63, 3.8) is 0 Å². The zero-order valence-electron chi connectivity index (χ0n) is 11.6. The standard InChI is InChI=1S/C16H16N4S/c1-3-13(17-6-1)10-20-7-5-12-9-18-16(19-14(12)11-20)15-4-2-8-21-15/h1-4,6,8-9,17H,5,7,10-11H2. The van der Waals surface area contributed by atoms with Gasteiger partial charge in [-0.25, -0.2) is 9.97 Å². The lowest BCUT2D eigenvalue weighted by atomic mass is 10.1. The minimum atomic E-state index is 0.852. The Morgan fingerprint density at radius 2 is 2.29 bits per heavy atom. The van der Waals surface area contributed by atoms with Crippen molar-refractivity contribution in [2.45, 2.75) is 19.5 Å². The highest BCUT2D eigenvalue weighted by Gasteiger charge is 2.19. The molecule has 0 aliphatic carbocycles. The summed E-state index contributed by atoms with van der Waals surface area (Å²) in [6.07, 6.45) is 5.01. The summed E-state index contributed by atoms with van der Waals surface area (Å²) in [6.45, 7) is 2.91. The molecule has 0 aromatic carbocycles. The predicted molar refractivity (Wildman–Crippen MR) is 84.0 cm³/mol. The second-order valence-electron chi connectivity index (χ2n) is 5.30. The Morgan fingerprint density at radius 1 is 1.29 bits per heavy atom. The molecule has 21 heavy (non-hydrogen) atoms. The first-order valence-corrected chi connectivity index (χ1v) is 8.00. The summed E-state index contributed by atoms with van der Waals surface area (Å²) in [7, 11) is 0. The third-order valence-electron chi connectivity index (χ3n) is 3.82. The van der Waals surface area contributed by atoms with Gasteiger partial charge in [0.1, 0.15) is 0 Å². The highest BCUT2D eigenvalue weighted by molar-refractivity contribution is 7.13. The minimum absolute atomic E-state index is 0.852. The van der Waals surface area contributed by atoms with E-state index in [1.54, 1.807) is 11.3 Å². The average Bonchev–Trinajstić information content (AvgIpc) is 3.20. The lowest BCUT2D eigenvalue weighted by molar-refractivity contribution is 0.239. The van der Waals surface area contributed by atoms with Crippen LogP contribution < -0.4 is 0 Å². The molecule has 0 spiro atoms. The van der Waals surface area contributed by atoms with Crippen LogP contribution in [0.15, 0.2) is 42.0 Å². The fourth-order valence-electron chi connectivity index (χ4n) is 2.72. The van der Waals surface area contributed by atoms with Crippen LogP contribution in [0.1, 0.15) is 17.0 Å². The van der Waals surface area contributed by atoms with Gasteiger partial charge in [0.2, 0.25) is 0 Å². The van der Waals surface area contributed by atoms with Crippen LogP contribution in [0, 0.1) is 0 Å². The van der Waals surface area contributed by atoms with E-state index in [9.17, 15) is 0 Å². The number of rotatable bonds is 3. The SMILES string of the molecule is c1c[nH]c(CN2CCc3cnc(-c4cccs4)nc3C2)c1. The van der Waals surface area contributed by atoms with E-state index < -0.39 is 0 Å². The van der Waals surface area contributed by atoms with Gasteiger partial charge < -0.3 is 4.98 Å². The molecule has 0 fully saturated rings. The molecule has 1 aliphatic heterocycles. The Balaban J connectivity index is 1.57. The van der Waals surface area contributed by atoms with E-state index in [4.69, 9.17) is 4.98 Å². The van der Waals surface area contributed by atoms with Gasteiger partial charge in [0, 0.05) is 37.7 Å². The van der Waals surface area contributed by atoms with E-state index in [0.717, 1.165) is 36.8 Å². The number of aromatic nitrogens is 3. The molecule has 0 saturated heterocycles. The summed E-state index contributed by atoms with van der Waals surface area (Å²) >= 11 is 1.69. The maximum atomic E-state index is 4.78. The maximum absolute atomic E-state index is 4.78. The zero-order valence-corrected chi connectivity index (χ0v) is 12.4. The molecule has 4 rings (SSSR count). The molecule has 1 N–H and O–H groups in total. The van der Waals surface area contributed by atoms with Gasteiger partial charge in [-0.3, -0.25) is 4.90 Å². The summed E-state index contributed by atoms with van der Waals surface area (Å²) in [4.78, 5) is 16.1. The third-order valence-corrected chi connectivity index (χ3v) is 4.69. The second-order valence-corrected chi connectivity index (χ2v) is 6.25. The van der Waals surface area contributed by atoms with Gasteiger partial charge in [-0.1, -0.05) is 6.07 Å². The first kappa shape index (κ1) is 12.7. The van der Waals surface area contributed by atoms with Crippen LogP contribution in [-0.2, 0) is 19.5 Å². The van der Waals surface area contributed by atoms with Crippen molar-refractivity contribution in [2.75, 3.05) is 6.54 Å². The van der Waals surface area contributed by atoms with E-state index in [0.29, 0.717) is 0 Å². The summed E-state index contributed by atoms with van der Waals surface area (Å²) in [5, 5.41) is 2.07. The second kappa shape index (κ2) is 5.42. The maximum Gasteiger partial charge on any atom is 0.169 e. The van der Waals surface area contributed by atoms with Gasteiger partial charge in [-0.2, -0.15) is 0 Å². The van der Waals surface area contributed by atoms with E-state index in [1.807, 2.05) is 24.5 Å². The Kier molecular flexibility index (Phi) is 3.29. The van der Waals surface area contributed by atoms with Crippen LogP contribution in [0.4, 0.5) is 0 Å². The largest absolute Gasteiger partial charge is 0.364 e. The minimum Gasteiger partial charge on any atom is -0.364 e. The fourth-order valence-corrected chi connectivity index (χ4v) is 3.39. The van der Waals surface area contributed by atoms with Gasteiger partial charge in [0.25, 0.3) is 0 Å². The van der Waals surface area contributed by atoms with Gasteiger partial charge in [0.05, 0.1) is 10.6 Å². The monoisotopic (exact) mass is 296 g/mol. The van der Waals surface area contributed by atoms with Crippen LogP contribution in [0.2, 0.25) is 0 Å². The lowest BCUT2D eigenvalue weighted by Crippen LogP contribution is -2.31. The Hall–Kier alpha value is -1.98. The molecule has 0 radical (unpaired) electrons. The molecule has 3 aromatic rings. The Bertz CT molecular complexity index is 719. The van der Waals surface area contributed by atoms with Crippen molar-refractivity contribution < 1.29 is 0 Å². The number of nitrogens with one attached hydrogen (secondary N) is 1. The van der Waals surface area contributed by atoms with E-state index in [1.165, 1.54) is 17.0 Å². The summed E-state index contributed by atoms with van der Waals surface area (Å²) in [5.74, 6) is 0.852. The average molecular weight is 296 g/mol. The molecule has 3 aromatic heterocycles. The lowest BCUT2D eigenvalue weighted by Gasteiger charge is -2.27. The molecule has 5 heteroatoms. The topological polar surface area (TPSA) is 44.8 Å². The van der Waals surface area contributed by atoms with Gasteiger partial charge >= 0.3 is 0 Å². The molecule has 4 heterocycles. The molecule has 1 aliphatic rings. The first-order valence-electron chi connectivity index (χ1n) is 7.12. The van der Waals surface area contributed by atoms with Crippen molar-refractivity contribution in [1.29, 1.82) is 0 Å². The van der Waals surface area contributed by atoms with Gasteiger partial charge in [-0.15, -0.1) is 11.3 Å². The smallest absolute Gasteiger partial charge is 0.169 e. The molecule has 0 unspecified atom stereocenters. The number of hydrogen-bond acceptors (Lipinski definition) is 4. The summed E-state index contributed by atoms with van der Waals surface area (Å²) in [6, 6.07) is 8.29. The van der Waals surface area contributed by atoms with Gasteiger partial charge in [0.15, 0.2) is 5.82 Å². The van der Waals surface area contributed by atoms with Crippen molar-refractivity contribution in [1.82, 2.24) is 19.9 Å². The van der Waals surface area contributed by atoms with Crippen molar-refractivity contribution in [3.8, 4) is 10.7 Å². The van der Waals surface area contributed by atoms with Crippen LogP contribution in [0.5, 0.6) is 0 Å². The summed E-state index contributed by atoms with van der Waals surface area (Å²) < 4.78 is 0. The van der Waals surface area contributed by atoms with Crippen LogP contribution >= 0.6 is 11.3 Å². The summed E-state index contributed by atoms with van der Waals surface area (Å²) in [5.41, 5.74) is 3.72. The molecule has 106 valence electrons. The third kappa shape index (κ3) is 2.62. The number of H-pyrrole nitrogens is 1. The van der Waals surface area contributed by atoms with E-state index in [-0.39, 0.29) is 0 Å². The van der Waals surface area contributed by atoms with Crippen LogP contribution in [0.25, 0.3) is 10.7 Å². The van der Waals surface area contributed by atoms with Gasteiger partial charge in [-0.05, 0) is 35.6 Å². The number of thiophene rings is 1.